The zero-order valence-electron chi connectivity index (χ0n) is 9.85. The molecule has 90 valence electrons. The van der Waals surface area contributed by atoms with E-state index in [0.29, 0.717) is 13.2 Å². The molecule has 0 fully saturated rings. The maximum absolute atomic E-state index is 5.78. The molecule has 0 aliphatic heterocycles. The molecule has 2 aromatic rings. The van der Waals surface area contributed by atoms with Crippen molar-refractivity contribution in [1.29, 1.82) is 0 Å². The van der Waals surface area contributed by atoms with E-state index in [-0.39, 0.29) is 0 Å². The van der Waals surface area contributed by atoms with Crippen LogP contribution in [0.2, 0.25) is 0 Å². The second-order valence-corrected chi connectivity index (χ2v) is 4.87. The van der Waals surface area contributed by atoms with E-state index in [2.05, 4.69) is 18.0 Å². The minimum atomic E-state index is 0.516. The molecule has 0 spiro atoms. The van der Waals surface area contributed by atoms with Crippen LogP contribution in [0.5, 0.6) is 5.75 Å². The number of rotatable bonds is 5. The highest BCUT2D eigenvalue weighted by atomic mass is 32.1. The summed E-state index contributed by atoms with van der Waals surface area (Å²) in [6.07, 6.45) is 2.79. The maximum atomic E-state index is 5.78. The van der Waals surface area contributed by atoms with Crippen LogP contribution in [0, 0.1) is 0 Å². The maximum Gasteiger partial charge on any atom is 0.140 e. The molecule has 0 aliphatic carbocycles. The number of ether oxygens (including phenoxy) is 1. The smallest absolute Gasteiger partial charge is 0.140 e. The molecule has 0 radical (unpaired) electrons. The lowest BCUT2D eigenvalue weighted by atomic mass is 10.1. The Bertz CT molecular complexity index is 482. The number of hydrogen-bond donors (Lipinski definition) is 1. The molecule has 0 saturated carbocycles. The molecule has 2 N–H and O–H groups in total. The van der Waals surface area contributed by atoms with Crippen LogP contribution in [0.1, 0.15) is 22.4 Å². The third-order valence-electron chi connectivity index (χ3n) is 2.51. The molecule has 2 rings (SSSR count). The summed E-state index contributed by atoms with van der Waals surface area (Å²) >= 11 is 1.60. The van der Waals surface area contributed by atoms with Crippen molar-refractivity contribution in [2.45, 2.75) is 26.5 Å². The minimum absolute atomic E-state index is 0.516. The van der Waals surface area contributed by atoms with Crippen molar-refractivity contribution >= 4 is 11.3 Å². The minimum Gasteiger partial charge on any atom is -0.486 e. The van der Waals surface area contributed by atoms with Crippen molar-refractivity contribution in [3.8, 4) is 5.75 Å². The molecule has 0 saturated heterocycles. The molecular formula is C13H16N2OS. The van der Waals surface area contributed by atoms with Crippen molar-refractivity contribution in [3.05, 3.63) is 45.9 Å². The van der Waals surface area contributed by atoms with Gasteiger partial charge in [-0.25, -0.2) is 4.98 Å². The van der Waals surface area contributed by atoms with Gasteiger partial charge in [0.1, 0.15) is 17.4 Å². The lowest BCUT2D eigenvalue weighted by molar-refractivity contribution is 0.302. The fourth-order valence-electron chi connectivity index (χ4n) is 1.59. The fourth-order valence-corrected chi connectivity index (χ4v) is 2.30. The lowest BCUT2D eigenvalue weighted by Crippen LogP contribution is -1.97. The molecule has 17 heavy (non-hydrogen) atoms. The van der Waals surface area contributed by atoms with Gasteiger partial charge in [0.25, 0.3) is 0 Å². The largest absolute Gasteiger partial charge is 0.486 e. The molecular weight excluding hydrogens is 232 g/mol. The zero-order valence-corrected chi connectivity index (χ0v) is 10.7. The average Bonchev–Trinajstić information content (AvgIpc) is 2.84. The Hall–Kier alpha value is -1.39. The first-order chi connectivity index (χ1) is 8.33. The van der Waals surface area contributed by atoms with Crippen LogP contribution in [0.4, 0.5) is 0 Å². The summed E-state index contributed by atoms with van der Waals surface area (Å²) in [4.78, 5) is 5.36. The molecule has 4 heteroatoms. The Labute approximate surface area is 105 Å². The third kappa shape index (κ3) is 3.05. The van der Waals surface area contributed by atoms with Crippen LogP contribution in [0.25, 0.3) is 0 Å². The highest BCUT2D eigenvalue weighted by molar-refractivity contribution is 7.11. The van der Waals surface area contributed by atoms with E-state index in [9.17, 15) is 0 Å². The van der Waals surface area contributed by atoms with E-state index in [1.807, 2.05) is 24.4 Å². The molecule has 1 aromatic heterocycles. The topological polar surface area (TPSA) is 48.1 Å². The van der Waals surface area contributed by atoms with Gasteiger partial charge in [0.15, 0.2) is 0 Å². The summed E-state index contributed by atoms with van der Waals surface area (Å²) < 4.78 is 5.78. The van der Waals surface area contributed by atoms with Gasteiger partial charge in [-0.2, -0.15) is 0 Å². The number of nitrogens with zero attached hydrogens (tertiary/aromatic N) is 1. The number of para-hydroxylation sites is 1. The van der Waals surface area contributed by atoms with E-state index in [4.69, 9.17) is 10.5 Å². The Morgan fingerprint density at radius 1 is 1.35 bits per heavy atom. The third-order valence-corrected chi connectivity index (χ3v) is 3.50. The summed E-state index contributed by atoms with van der Waals surface area (Å²) in [6, 6.07) is 8.10. The Morgan fingerprint density at radius 3 is 2.88 bits per heavy atom. The molecule has 3 nitrogen and oxygen atoms in total. The van der Waals surface area contributed by atoms with Gasteiger partial charge in [-0.05, 0) is 18.1 Å². The second-order valence-electron chi connectivity index (χ2n) is 3.67. The van der Waals surface area contributed by atoms with Crippen molar-refractivity contribution in [1.82, 2.24) is 4.98 Å². The molecule has 0 atom stereocenters. The van der Waals surface area contributed by atoms with Gasteiger partial charge in [-0.1, -0.05) is 25.1 Å². The van der Waals surface area contributed by atoms with E-state index < -0.39 is 0 Å². The standard InChI is InChI=1S/C13H16N2OS/c1-2-10-5-3-4-6-12(10)16-9-13-15-8-11(7-14)17-13/h3-6,8H,2,7,9,14H2,1H3. The quantitative estimate of drug-likeness (QED) is 0.885. The zero-order chi connectivity index (χ0) is 12.1. The Morgan fingerprint density at radius 2 is 2.18 bits per heavy atom. The molecule has 1 aromatic carbocycles. The number of nitrogens with two attached hydrogens (primary N) is 1. The van der Waals surface area contributed by atoms with Crippen LogP contribution < -0.4 is 10.5 Å². The van der Waals surface area contributed by atoms with Gasteiger partial charge in [0.2, 0.25) is 0 Å². The SMILES string of the molecule is CCc1ccccc1OCc1ncc(CN)s1. The number of hydrogen-bond acceptors (Lipinski definition) is 4. The van der Waals surface area contributed by atoms with Crippen LogP contribution in [0.3, 0.4) is 0 Å². The normalized spacial score (nSPS) is 10.5. The van der Waals surface area contributed by atoms with Crippen molar-refractivity contribution in [2.75, 3.05) is 0 Å². The Balaban J connectivity index is 2.01. The van der Waals surface area contributed by atoms with E-state index in [0.717, 1.165) is 22.1 Å². The van der Waals surface area contributed by atoms with Crippen molar-refractivity contribution in [2.24, 2.45) is 5.73 Å². The molecule has 0 unspecified atom stereocenters. The van der Waals surface area contributed by atoms with Gasteiger partial charge in [-0.3, -0.25) is 0 Å². The van der Waals surface area contributed by atoms with Gasteiger partial charge in [0.05, 0.1) is 0 Å². The molecule has 1 heterocycles. The highest BCUT2D eigenvalue weighted by Gasteiger charge is 2.04. The van der Waals surface area contributed by atoms with E-state index in [1.54, 1.807) is 11.3 Å². The first-order valence-corrected chi connectivity index (χ1v) is 6.49. The Kier molecular flexibility index (Phi) is 4.12. The van der Waals surface area contributed by atoms with Crippen molar-refractivity contribution < 1.29 is 4.74 Å². The summed E-state index contributed by atoms with van der Waals surface area (Å²) in [5.74, 6) is 0.944. The fraction of sp³-hybridized carbons (Fsp3) is 0.308. The van der Waals surface area contributed by atoms with Gasteiger partial charge in [-0.15, -0.1) is 11.3 Å². The average molecular weight is 248 g/mol. The van der Waals surface area contributed by atoms with Gasteiger partial charge < -0.3 is 10.5 Å². The predicted octanol–water partition coefficient (Wildman–Crippen LogP) is 2.74. The van der Waals surface area contributed by atoms with Crippen LogP contribution in [-0.4, -0.2) is 4.98 Å². The first-order valence-electron chi connectivity index (χ1n) is 5.67. The van der Waals surface area contributed by atoms with Gasteiger partial charge >= 0.3 is 0 Å². The van der Waals surface area contributed by atoms with E-state index in [1.165, 1.54) is 5.56 Å². The predicted molar refractivity (Wildman–Crippen MR) is 70.2 cm³/mol. The summed E-state index contributed by atoms with van der Waals surface area (Å²) in [6.45, 7) is 3.18. The monoisotopic (exact) mass is 248 g/mol. The van der Waals surface area contributed by atoms with Crippen LogP contribution >= 0.6 is 11.3 Å². The number of benzene rings is 1. The summed E-state index contributed by atoms with van der Waals surface area (Å²) in [5, 5.41) is 0.969. The van der Waals surface area contributed by atoms with E-state index >= 15 is 0 Å². The molecule has 0 bridgehead atoms. The van der Waals surface area contributed by atoms with Crippen molar-refractivity contribution in [3.63, 3.8) is 0 Å². The molecule has 0 amide bonds. The first kappa shape index (κ1) is 12.1. The number of thiazole rings is 1. The lowest BCUT2D eigenvalue weighted by Gasteiger charge is -2.08. The van der Waals surface area contributed by atoms with Crippen LogP contribution in [0.15, 0.2) is 30.5 Å². The molecule has 0 aliphatic rings. The number of aromatic nitrogens is 1. The second kappa shape index (κ2) is 5.80. The van der Waals surface area contributed by atoms with Gasteiger partial charge in [0, 0.05) is 17.6 Å². The number of aryl methyl sites for hydroxylation is 1. The summed E-state index contributed by atoms with van der Waals surface area (Å²) in [7, 11) is 0. The van der Waals surface area contributed by atoms with Crippen LogP contribution in [-0.2, 0) is 19.6 Å². The summed E-state index contributed by atoms with van der Waals surface area (Å²) in [5.41, 5.74) is 6.77. The highest BCUT2D eigenvalue weighted by Crippen LogP contribution is 2.21.